The number of hydrogen-bond acceptors (Lipinski definition) is 9. The van der Waals surface area contributed by atoms with E-state index in [1.54, 1.807) is 22.5 Å². The standard InChI is InChI=1S/C20H13FN4.C19H19N5O2S.C16H10N4.C15H10BrN3/c21-19-11-13(7-8-22-19)12-5-6-15-17(9-12)24-25-20(15)18-10-14-3-1-2-4-16(14)23-18;25-27(26,24-9-7-20-8-10-24)14-5-6-16-13(11-14)12-18(21-16)19-15-3-1-2-4-17(15)22-23-19;17-9-10-5-6-12-14(7-10)19-20-16(12)15-8-11-3-1-2-4-13(11)18-15;16-10-5-6-11-13(8-10)18-19-15(11)14-7-9-3-1-2-4-12(9)17-14/h1-11,23H,(H,24,25);1-6,11-12,20-21H,7-10H2,(H,22,23);1-8,18H,(H,19,20);1-8,17H,(H,18,19). The number of para-hydroxylation sites is 4. The number of H-pyrrole nitrogens is 8. The van der Waals surface area contributed by atoms with Gasteiger partial charge in [-0.25, -0.2) is 13.4 Å². The Bertz CT molecular complexity index is 5620. The van der Waals surface area contributed by atoms with Crippen LogP contribution in [0.4, 0.5) is 4.39 Å². The van der Waals surface area contributed by atoms with Crippen molar-refractivity contribution < 1.29 is 12.8 Å². The first kappa shape index (κ1) is 56.2. The first-order chi connectivity index (χ1) is 44.6. The van der Waals surface area contributed by atoms with Gasteiger partial charge in [0.25, 0.3) is 0 Å². The second kappa shape index (κ2) is 23.7. The summed E-state index contributed by atoms with van der Waals surface area (Å²) in [5, 5.41) is 50.5. The lowest BCUT2D eigenvalue weighted by atomic mass is 10.0. The van der Waals surface area contributed by atoms with E-state index < -0.39 is 16.0 Å². The Morgan fingerprint density at radius 3 is 1.44 bits per heavy atom. The molecular formula is C70H52BrFN16O2S. The second-order valence-electron chi connectivity index (χ2n) is 21.9. The number of pyridine rings is 1. The summed E-state index contributed by atoms with van der Waals surface area (Å²) in [5.41, 5.74) is 17.7. The van der Waals surface area contributed by atoms with Gasteiger partial charge in [0.05, 0.1) is 61.4 Å². The van der Waals surface area contributed by atoms with E-state index in [0.29, 0.717) is 36.6 Å². The average molecular weight is 1280 g/mol. The first-order valence-corrected chi connectivity index (χ1v) is 31.4. The van der Waals surface area contributed by atoms with Crippen LogP contribution in [0.25, 0.3) is 144 Å². The zero-order valence-electron chi connectivity index (χ0n) is 48.1. The van der Waals surface area contributed by atoms with Crippen LogP contribution in [0.3, 0.4) is 0 Å². The predicted molar refractivity (Wildman–Crippen MR) is 361 cm³/mol. The summed E-state index contributed by atoms with van der Waals surface area (Å²) in [5.74, 6) is -0.485. The summed E-state index contributed by atoms with van der Waals surface area (Å²) in [6.07, 6.45) is 1.47. The molecule has 9 N–H and O–H groups in total. The minimum absolute atomic E-state index is 0.328. The second-order valence-corrected chi connectivity index (χ2v) is 24.8. The van der Waals surface area contributed by atoms with Crippen LogP contribution < -0.4 is 5.32 Å². The summed E-state index contributed by atoms with van der Waals surface area (Å²) in [6.45, 7) is 2.36. The lowest BCUT2D eigenvalue weighted by Gasteiger charge is -2.26. The van der Waals surface area contributed by atoms with Gasteiger partial charge in [-0.05, 0) is 132 Å². The SMILES string of the molecule is Brc1ccc2c(-c3cc4ccccc4[nH]3)n[nH]c2c1.Fc1cc(-c2ccc3c(-c4cc5ccccc5[nH]4)n[nH]c3c2)ccn1.N#Cc1ccc2c(-c3cc4ccccc4[nH]3)n[nH]c2c1.O=S(=O)(c1ccc2[nH]c(-c3n[nH]c4ccccc34)cc2c1)N1CCNCC1. The van der Waals surface area contributed by atoms with Gasteiger partial charge in [0, 0.05) is 108 Å². The lowest BCUT2D eigenvalue weighted by molar-refractivity contribution is 0.360. The summed E-state index contributed by atoms with van der Waals surface area (Å²) in [6, 6.07) is 68.9. The quantitative estimate of drug-likeness (QED) is 0.0686. The highest BCUT2D eigenvalue weighted by Crippen LogP contribution is 2.35. The van der Waals surface area contributed by atoms with Crippen molar-refractivity contribution in [2.45, 2.75) is 4.90 Å². The molecule has 17 aromatic rings. The monoisotopic (exact) mass is 1280 g/mol. The maximum atomic E-state index is 13.4. The first-order valence-electron chi connectivity index (χ1n) is 29.2. The Hall–Kier alpha value is -11.3. The summed E-state index contributed by atoms with van der Waals surface area (Å²) in [7, 11) is -3.48. The van der Waals surface area contributed by atoms with Crippen molar-refractivity contribution >= 4 is 113 Å². The Morgan fingerprint density at radius 1 is 0.440 bits per heavy atom. The molecule has 18 rings (SSSR count). The van der Waals surface area contributed by atoms with E-state index in [1.807, 2.05) is 133 Å². The van der Waals surface area contributed by atoms with Crippen LogP contribution in [0.2, 0.25) is 0 Å². The third kappa shape index (κ3) is 11.1. The molecule has 0 radical (unpaired) electrons. The maximum Gasteiger partial charge on any atom is 0.243 e. The molecule has 0 bridgehead atoms. The number of nitrogens with zero attached hydrogens (tertiary/aromatic N) is 7. The minimum Gasteiger partial charge on any atom is -0.353 e. The molecule has 91 heavy (non-hydrogen) atoms. The number of aromatic nitrogens is 13. The van der Waals surface area contributed by atoms with Crippen LogP contribution in [0.1, 0.15) is 5.56 Å². The molecular weight excluding hydrogens is 1230 g/mol. The molecule has 1 aliphatic rings. The fraction of sp³-hybridized carbons (Fsp3) is 0.0571. The molecule has 9 aromatic heterocycles. The number of fused-ring (bicyclic) bond motifs is 8. The van der Waals surface area contributed by atoms with E-state index >= 15 is 0 Å². The zero-order valence-corrected chi connectivity index (χ0v) is 50.5. The Balaban J connectivity index is 0.000000102. The Morgan fingerprint density at radius 2 is 0.890 bits per heavy atom. The third-order valence-electron chi connectivity index (χ3n) is 16.2. The highest BCUT2D eigenvalue weighted by molar-refractivity contribution is 9.10. The fourth-order valence-electron chi connectivity index (χ4n) is 11.7. The highest BCUT2D eigenvalue weighted by Gasteiger charge is 2.26. The number of hydrogen-bond donors (Lipinski definition) is 9. The van der Waals surface area contributed by atoms with Crippen LogP contribution in [0.5, 0.6) is 0 Å². The summed E-state index contributed by atoms with van der Waals surface area (Å²) >= 11 is 3.47. The van der Waals surface area contributed by atoms with Crippen molar-refractivity contribution in [1.82, 2.24) is 75.3 Å². The van der Waals surface area contributed by atoms with Crippen LogP contribution in [-0.4, -0.2) is 105 Å². The molecule has 0 unspecified atom stereocenters. The van der Waals surface area contributed by atoms with Gasteiger partial charge in [-0.15, -0.1) is 0 Å². The minimum atomic E-state index is -3.48. The van der Waals surface area contributed by atoms with Gasteiger partial charge in [-0.3, -0.25) is 20.4 Å². The Labute approximate surface area is 525 Å². The van der Waals surface area contributed by atoms with Gasteiger partial charge < -0.3 is 25.3 Å². The van der Waals surface area contributed by atoms with Gasteiger partial charge >= 0.3 is 0 Å². The van der Waals surface area contributed by atoms with Crippen molar-refractivity contribution in [1.29, 1.82) is 5.26 Å². The molecule has 444 valence electrons. The number of rotatable bonds is 7. The average Bonchev–Trinajstić information content (AvgIpc) is 1.90. The molecule has 1 fully saturated rings. The normalized spacial score (nSPS) is 12.8. The summed E-state index contributed by atoms with van der Waals surface area (Å²) in [4.78, 5) is 17.5. The van der Waals surface area contributed by atoms with Crippen LogP contribution in [0.15, 0.2) is 222 Å². The van der Waals surface area contributed by atoms with Crippen molar-refractivity contribution in [2.24, 2.45) is 0 Å². The van der Waals surface area contributed by atoms with Gasteiger partial charge in [-0.1, -0.05) is 94.8 Å². The van der Waals surface area contributed by atoms with Crippen molar-refractivity contribution in [3.8, 4) is 62.7 Å². The molecule has 10 heterocycles. The van der Waals surface area contributed by atoms with E-state index in [1.165, 1.54) is 17.6 Å². The third-order valence-corrected chi connectivity index (χ3v) is 18.6. The number of nitriles is 1. The topological polar surface area (TPSA) is 264 Å². The number of halogens is 2. The van der Waals surface area contributed by atoms with E-state index in [9.17, 15) is 12.8 Å². The predicted octanol–water partition coefficient (Wildman–Crippen LogP) is 15.3. The van der Waals surface area contributed by atoms with Gasteiger partial charge in [0.2, 0.25) is 16.0 Å². The van der Waals surface area contributed by atoms with Crippen LogP contribution in [-0.2, 0) is 10.0 Å². The molecule has 0 amide bonds. The molecule has 1 saturated heterocycles. The number of aromatic amines is 8. The molecule has 0 saturated carbocycles. The van der Waals surface area contributed by atoms with E-state index in [2.05, 4.69) is 142 Å². The summed E-state index contributed by atoms with van der Waals surface area (Å²) < 4.78 is 41.8. The molecule has 0 atom stereocenters. The number of nitrogens with one attached hydrogen (secondary N) is 9. The van der Waals surface area contributed by atoms with Crippen LogP contribution >= 0.6 is 15.9 Å². The smallest absolute Gasteiger partial charge is 0.243 e. The van der Waals surface area contributed by atoms with Crippen molar-refractivity contribution in [3.63, 3.8) is 0 Å². The molecule has 8 aromatic carbocycles. The lowest BCUT2D eigenvalue weighted by Crippen LogP contribution is -2.46. The number of sulfonamides is 1. The van der Waals surface area contributed by atoms with Crippen molar-refractivity contribution in [2.75, 3.05) is 26.2 Å². The fourth-order valence-corrected chi connectivity index (χ4v) is 13.5. The molecule has 21 heteroatoms. The highest BCUT2D eigenvalue weighted by atomic mass is 79.9. The molecule has 0 spiro atoms. The zero-order chi connectivity index (χ0) is 61.6. The molecule has 18 nitrogen and oxygen atoms in total. The van der Waals surface area contributed by atoms with E-state index in [-0.39, 0.29) is 0 Å². The van der Waals surface area contributed by atoms with Crippen LogP contribution in [0, 0.1) is 17.3 Å². The largest absolute Gasteiger partial charge is 0.353 e. The van der Waals surface area contributed by atoms with Gasteiger partial charge in [-0.2, -0.15) is 34.4 Å². The number of piperazine rings is 1. The number of benzene rings is 8. The van der Waals surface area contributed by atoms with Crippen molar-refractivity contribution in [3.05, 3.63) is 228 Å². The van der Waals surface area contributed by atoms with E-state index in [4.69, 9.17) is 5.26 Å². The maximum absolute atomic E-state index is 13.4. The molecule has 1 aliphatic heterocycles. The molecule has 0 aliphatic carbocycles. The van der Waals surface area contributed by atoms with Gasteiger partial charge in [0.15, 0.2) is 0 Å². The Kier molecular flexibility index (Phi) is 14.6. The van der Waals surface area contributed by atoms with E-state index in [0.717, 1.165) is 143 Å². The van der Waals surface area contributed by atoms with Gasteiger partial charge in [0.1, 0.15) is 22.8 Å².